The number of hydrogen-bond acceptors (Lipinski definition) is 6. The Morgan fingerprint density at radius 1 is 1.36 bits per heavy atom. The molecule has 0 aromatic heterocycles. The van der Waals surface area contributed by atoms with Gasteiger partial charge in [-0.1, -0.05) is 11.6 Å². The predicted octanol–water partition coefficient (Wildman–Crippen LogP) is 0.845. The van der Waals surface area contributed by atoms with Crippen LogP contribution in [0.4, 0.5) is 11.4 Å². The van der Waals surface area contributed by atoms with Crippen LogP contribution < -0.4 is 11.1 Å². The van der Waals surface area contributed by atoms with E-state index in [0.717, 1.165) is 6.26 Å². The normalized spacial score (nSPS) is 16.4. The minimum Gasteiger partial charge on any atom is -0.398 e. The van der Waals surface area contributed by atoms with Crippen molar-refractivity contribution < 1.29 is 13.2 Å². The number of nitrogens with zero attached hydrogens (tertiary/aromatic N) is 3. The number of nitrogens with two attached hydrogens (primary N) is 1. The van der Waals surface area contributed by atoms with Gasteiger partial charge in [0, 0.05) is 38.1 Å². The molecule has 0 atom stereocenters. The first-order chi connectivity index (χ1) is 11.7. The van der Waals surface area contributed by atoms with Crippen LogP contribution in [-0.4, -0.2) is 56.0 Å². The number of anilines is 2. The van der Waals surface area contributed by atoms with Gasteiger partial charge in [-0.2, -0.15) is 9.57 Å². The molecule has 0 spiro atoms. The summed E-state index contributed by atoms with van der Waals surface area (Å²) in [5.41, 5.74) is 6.34. The van der Waals surface area contributed by atoms with Gasteiger partial charge in [-0.25, -0.2) is 8.42 Å². The number of halogens is 1. The molecule has 25 heavy (non-hydrogen) atoms. The molecule has 1 aliphatic heterocycles. The third-order valence-electron chi connectivity index (χ3n) is 3.68. The quantitative estimate of drug-likeness (QED) is 0.451. The Balaban J connectivity index is 2.04. The molecule has 1 saturated heterocycles. The molecular formula is C15H18ClN5O3S. The van der Waals surface area contributed by atoms with E-state index >= 15 is 0 Å². The van der Waals surface area contributed by atoms with Gasteiger partial charge in [0.25, 0.3) is 5.91 Å². The molecule has 0 aliphatic carbocycles. The van der Waals surface area contributed by atoms with Crippen LogP contribution in [0, 0.1) is 11.3 Å². The first-order valence-corrected chi connectivity index (χ1v) is 9.61. The molecule has 1 amide bonds. The number of benzene rings is 1. The Kier molecular flexibility index (Phi) is 5.89. The van der Waals surface area contributed by atoms with Crippen LogP contribution in [0.15, 0.2) is 30.0 Å². The number of nitrogen functional groups attached to an aromatic ring is 1. The van der Waals surface area contributed by atoms with Crippen molar-refractivity contribution in [2.45, 2.75) is 0 Å². The number of hydrogen-bond donors (Lipinski definition) is 2. The minimum atomic E-state index is -3.23. The van der Waals surface area contributed by atoms with E-state index in [4.69, 9.17) is 17.3 Å². The third-order valence-corrected chi connectivity index (χ3v) is 5.31. The standard InChI is InChI=1S/C15H18ClN5O3S/c1-25(23,24)21-6-4-20(5-7-21)10-11(9-17)15(22)19-12-2-3-14(18)13(16)8-12/h2-3,8,10H,4-7,18H2,1H3,(H,19,22)/b11-10-. The first kappa shape index (κ1) is 19.1. The number of nitriles is 1. The summed E-state index contributed by atoms with van der Waals surface area (Å²) in [7, 11) is -3.23. The van der Waals surface area contributed by atoms with Crippen molar-refractivity contribution in [2.75, 3.05) is 43.5 Å². The Morgan fingerprint density at radius 2 is 2.00 bits per heavy atom. The van der Waals surface area contributed by atoms with Gasteiger partial charge in [0.05, 0.1) is 17.0 Å². The van der Waals surface area contributed by atoms with E-state index in [1.165, 1.54) is 16.6 Å². The summed E-state index contributed by atoms with van der Waals surface area (Å²) in [6, 6.07) is 6.49. The number of carbonyl (C=O) groups is 1. The van der Waals surface area contributed by atoms with Crippen LogP contribution >= 0.6 is 11.6 Å². The maximum absolute atomic E-state index is 12.2. The summed E-state index contributed by atoms with van der Waals surface area (Å²) in [4.78, 5) is 14.0. The molecule has 10 heteroatoms. The van der Waals surface area contributed by atoms with Crippen LogP contribution in [0.2, 0.25) is 5.02 Å². The van der Waals surface area contributed by atoms with E-state index < -0.39 is 15.9 Å². The number of sulfonamides is 1. The highest BCUT2D eigenvalue weighted by atomic mass is 35.5. The Bertz CT molecular complexity index is 839. The summed E-state index contributed by atoms with van der Waals surface area (Å²) in [5, 5.41) is 12.1. The lowest BCUT2D eigenvalue weighted by Crippen LogP contribution is -2.46. The summed E-state index contributed by atoms with van der Waals surface area (Å²) >= 11 is 5.90. The van der Waals surface area contributed by atoms with Crippen molar-refractivity contribution in [3.8, 4) is 6.07 Å². The summed E-state index contributed by atoms with van der Waals surface area (Å²) in [6.07, 6.45) is 2.60. The van der Waals surface area contributed by atoms with E-state index in [2.05, 4.69) is 5.32 Å². The smallest absolute Gasteiger partial charge is 0.267 e. The SMILES string of the molecule is CS(=O)(=O)N1CCN(/C=C(/C#N)C(=O)Nc2ccc(N)c(Cl)c2)CC1. The molecule has 1 fully saturated rings. The van der Waals surface area contributed by atoms with Gasteiger partial charge in [-0.15, -0.1) is 0 Å². The highest BCUT2D eigenvalue weighted by Crippen LogP contribution is 2.23. The van der Waals surface area contributed by atoms with Crippen molar-refractivity contribution in [1.82, 2.24) is 9.21 Å². The van der Waals surface area contributed by atoms with Gasteiger partial charge in [-0.3, -0.25) is 4.79 Å². The van der Waals surface area contributed by atoms with E-state index in [1.807, 2.05) is 6.07 Å². The van der Waals surface area contributed by atoms with E-state index in [0.29, 0.717) is 42.6 Å². The van der Waals surface area contributed by atoms with Crippen LogP contribution in [0.3, 0.4) is 0 Å². The second-order valence-electron chi connectivity index (χ2n) is 5.54. The average molecular weight is 384 g/mol. The molecule has 0 radical (unpaired) electrons. The third kappa shape index (κ3) is 5.09. The van der Waals surface area contributed by atoms with Crippen molar-refractivity contribution in [2.24, 2.45) is 0 Å². The highest BCUT2D eigenvalue weighted by Gasteiger charge is 2.23. The maximum Gasteiger partial charge on any atom is 0.267 e. The van der Waals surface area contributed by atoms with Crippen molar-refractivity contribution in [3.05, 3.63) is 35.0 Å². The van der Waals surface area contributed by atoms with Gasteiger partial charge in [-0.05, 0) is 18.2 Å². The fraction of sp³-hybridized carbons (Fsp3) is 0.333. The fourth-order valence-electron chi connectivity index (χ4n) is 2.29. The van der Waals surface area contributed by atoms with E-state index in [-0.39, 0.29) is 5.57 Å². The van der Waals surface area contributed by atoms with Gasteiger partial charge >= 0.3 is 0 Å². The molecule has 2 rings (SSSR count). The zero-order chi connectivity index (χ0) is 18.6. The molecule has 8 nitrogen and oxygen atoms in total. The van der Waals surface area contributed by atoms with Gasteiger partial charge in [0.1, 0.15) is 11.6 Å². The average Bonchev–Trinajstić information content (AvgIpc) is 2.55. The maximum atomic E-state index is 12.2. The monoisotopic (exact) mass is 383 g/mol. The lowest BCUT2D eigenvalue weighted by Gasteiger charge is -2.32. The molecule has 1 heterocycles. The second kappa shape index (κ2) is 7.74. The molecule has 1 aromatic rings. The lowest BCUT2D eigenvalue weighted by atomic mass is 10.2. The number of carbonyl (C=O) groups excluding carboxylic acids is 1. The molecule has 1 aromatic carbocycles. The molecule has 0 saturated carbocycles. The van der Waals surface area contributed by atoms with E-state index in [1.54, 1.807) is 17.0 Å². The van der Waals surface area contributed by atoms with Crippen LogP contribution in [0.25, 0.3) is 0 Å². The van der Waals surface area contributed by atoms with Crippen molar-refractivity contribution >= 4 is 38.9 Å². The first-order valence-electron chi connectivity index (χ1n) is 7.38. The van der Waals surface area contributed by atoms with Crippen molar-refractivity contribution in [3.63, 3.8) is 0 Å². The number of nitrogens with one attached hydrogen (secondary N) is 1. The number of piperazine rings is 1. The lowest BCUT2D eigenvalue weighted by molar-refractivity contribution is -0.112. The molecule has 1 aliphatic rings. The predicted molar refractivity (Wildman–Crippen MR) is 96.2 cm³/mol. The molecular weight excluding hydrogens is 366 g/mol. The second-order valence-corrected chi connectivity index (χ2v) is 7.93. The molecule has 0 bridgehead atoms. The topological polar surface area (TPSA) is 120 Å². The van der Waals surface area contributed by atoms with Crippen LogP contribution in [-0.2, 0) is 14.8 Å². The van der Waals surface area contributed by atoms with Gasteiger partial charge < -0.3 is 16.0 Å². The minimum absolute atomic E-state index is 0.0826. The van der Waals surface area contributed by atoms with Gasteiger partial charge in [0.15, 0.2) is 0 Å². The largest absolute Gasteiger partial charge is 0.398 e. The van der Waals surface area contributed by atoms with Crippen LogP contribution in [0.5, 0.6) is 0 Å². The fourth-order valence-corrected chi connectivity index (χ4v) is 3.30. The summed E-state index contributed by atoms with van der Waals surface area (Å²) in [5.74, 6) is -0.575. The van der Waals surface area contributed by atoms with E-state index in [9.17, 15) is 18.5 Å². The molecule has 0 unspecified atom stereocenters. The Morgan fingerprint density at radius 3 is 2.52 bits per heavy atom. The zero-order valence-corrected chi connectivity index (χ0v) is 15.1. The number of rotatable bonds is 4. The zero-order valence-electron chi connectivity index (χ0n) is 13.6. The Hall–Kier alpha value is -2.28. The molecule has 134 valence electrons. The Labute approximate surface area is 151 Å². The summed E-state index contributed by atoms with van der Waals surface area (Å²) < 4.78 is 24.3. The van der Waals surface area contributed by atoms with Gasteiger partial charge in [0.2, 0.25) is 10.0 Å². The number of amides is 1. The highest BCUT2D eigenvalue weighted by molar-refractivity contribution is 7.88. The van der Waals surface area contributed by atoms with Crippen LogP contribution in [0.1, 0.15) is 0 Å². The van der Waals surface area contributed by atoms with Crippen molar-refractivity contribution in [1.29, 1.82) is 5.26 Å². The summed E-state index contributed by atoms with van der Waals surface area (Å²) in [6.45, 7) is 1.42. The molecule has 3 N–H and O–H groups in total.